The minimum absolute atomic E-state index is 0.229. The predicted octanol–water partition coefficient (Wildman–Crippen LogP) is 4.31. The summed E-state index contributed by atoms with van der Waals surface area (Å²) in [6.45, 7) is 3.71. The first-order valence-electron chi connectivity index (χ1n) is 8.23. The second-order valence-electron chi connectivity index (χ2n) is 6.03. The summed E-state index contributed by atoms with van der Waals surface area (Å²) in [5.74, 6) is 2.11. The number of nitrogens with zero attached hydrogens (tertiary/aromatic N) is 1. The smallest absolute Gasteiger partial charge is 0.227 e. The van der Waals surface area contributed by atoms with Crippen LogP contribution in [-0.2, 0) is 11.2 Å². The van der Waals surface area contributed by atoms with Gasteiger partial charge in [-0.2, -0.15) is 11.8 Å². The Balaban J connectivity index is 1.60. The summed E-state index contributed by atoms with van der Waals surface area (Å²) in [7, 11) is 1.67. The molecule has 24 heavy (non-hydrogen) atoms. The van der Waals surface area contributed by atoms with E-state index in [9.17, 15) is 4.79 Å². The predicted molar refractivity (Wildman–Crippen MR) is 102 cm³/mol. The van der Waals surface area contributed by atoms with E-state index >= 15 is 0 Å². The van der Waals surface area contributed by atoms with Crippen LogP contribution in [0.4, 0.5) is 0 Å². The first kappa shape index (κ1) is 17.4. The molecule has 1 atom stereocenters. The van der Waals surface area contributed by atoms with Crippen LogP contribution in [0.25, 0.3) is 0 Å². The fourth-order valence-corrected chi connectivity index (χ4v) is 5.30. The fourth-order valence-electron chi connectivity index (χ4n) is 3.06. The highest BCUT2D eigenvalue weighted by molar-refractivity contribution is 7.99. The van der Waals surface area contributed by atoms with Gasteiger partial charge in [-0.3, -0.25) is 4.79 Å². The number of thiophene rings is 1. The quantitative estimate of drug-likeness (QED) is 0.812. The molecule has 128 valence electrons. The molecule has 1 saturated heterocycles. The highest BCUT2D eigenvalue weighted by atomic mass is 32.2. The fraction of sp³-hybridized carbons (Fsp3) is 0.421. The van der Waals surface area contributed by atoms with Crippen LogP contribution >= 0.6 is 23.1 Å². The standard InChI is InChI=1S/C19H23NO2S2/c1-14-12-15(5-6-16(14)22-2)13-19(21)20-8-7-18(24-11-9-20)17-4-3-10-23-17/h3-6,10,12,18H,7-9,11,13H2,1-2H3. The molecule has 0 bridgehead atoms. The van der Waals surface area contributed by atoms with Crippen LogP contribution in [0.3, 0.4) is 0 Å². The van der Waals surface area contributed by atoms with Gasteiger partial charge in [0.1, 0.15) is 5.75 Å². The van der Waals surface area contributed by atoms with E-state index in [1.54, 1.807) is 7.11 Å². The summed E-state index contributed by atoms with van der Waals surface area (Å²) in [6.07, 6.45) is 1.51. The van der Waals surface area contributed by atoms with Gasteiger partial charge in [0.25, 0.3) is 0 Å². The average Bonchev–Trinajstić information content (AvgIpc) is 2.99. The number of carbonyl (C=O) groups is 1. The second-order valence-corrected chi connectivity index (χ2v) is 8.31. The van der Waals surface area contributed by atoms with Crippen LogP contribution in [0.2, 0.25) is 0 Å². The molecule has 3 nitrogen and oxygen atoms in total. The number of carbonyl (C=O) groups excluding carboxylic acids is 1. The van der Waals surface area contributed by atoms with E-state index in [4.69, 9.17) is 4.74 Å². The molecule has 1 fully saturated rings. The maximum absolute atomic E-state index is 12.7. The molecule has 0 N–H and O–H groups in total. The molecule has 3 rings (SSSR count). The number of thioether (sulfide) groups is 1. The molecule has 0 radical (unpaired) electrons. The lowest BCUT2D eigenvalue weighted by molar-refractivity contribution is -0.130. The van der Waals surface area contributed by atoms with E-state index < -0.39 is 0 Å². The lowest BCUT2D eigenvalue weighted by Gasteiger charge is -2.20. The molecule has 0 spiro atoms. The Morgan fingerprint density at radius 3 is 2.92 bits per heavy atom. The average molecular weight is 362 g/mol. The SMILES string of the molecule is COc1ccc(CC(=O)N2CCSC(c3cccs3)CC2)cc1C. The molecule has 1 aromatic heterocycles. The number of ether oxygens (including phenoxy) is 1. The normalized spacial score (nSPS) is 18.2. The number of benzene rings is 1. The van der Waals surface area contributed by atoms with Crippen molar-refractivity contribution in [2.75, 3.05) is 26.0 Å². The zero-order chi connectivity index (χ0) is 16.9. The number of hydrogen-bond donors (Lipinski definition) is 0. The third-order valence-electron chi connectivity index (χ3n) is 4.37. The second kappa shape index (κ2) is 8.08. The number of aryl methyl sites for hydroxylation is 1. The Kier molecular flexibility index (Phi) is 5.85. The van der Waals surface area contributed by atoms with Crippen LogP contribution in [0, 0.1) is 6.92 Å². The Bertz CT molecular complexity index is 685. The van der Waals surface area contributed by atoms with Crippen molar-refractivity contribution >= 4 is 29.0 Å². The van der Waals surface area contributed by atoms with Crippen molar-refractivity contribution < 1.29 is 9.53 Å². The molecular weight excluding hydrogens is 338 g/mol. The van der Waals surface area contributed by atoms with Crippen LogP contribution in [-0.4, -0.2) is 36.8 Å². The maximum Gasteiger partial charge on any atom is 0.227 e. The van der Waals surface area contributed by atoms with Gasteiger partial charge < -0.3 is 9.64 Å². The molecule has 1 amide bonds. The summed E-state index contributed by atoms with van der Waals surface area (Å²) in [5.41, 5.74) is 2.14. The Morgan fingerprint density at radius 1 is 1.33 bits per heavy atom. The van der Waals surface area contributed by atoms with Gasteiger partial charge in [0.2, 0.25) is 5.91 Å². The highest BCUT2D eigenvalue weighted by Gasteiger charge is 2.22. The van der Waals surface area contributed by atoms with Gasteiger partial charge in [-0.25, -0.2) is 0 Å². The molecule has 0 saturated carbocycles. The molecule has 1 aliphatic heterocycles. The highest BCUT2D eigenvalue weighted by Crippen LogP contribution is 2.36. The maximum atomic E-state index is 12.7. The topological polar surface area (TPSA) is 29.5 Å². The van der Waals surface area contributed by atoms with Crippen LogP contribution < -0.4 is 4.74 Å². The molecule has 2 heterocycles. The molecule has 5 heteroatoms. The third kappa shape index (κ3) is 4.14. The lowest BCUT2D eigenvalue weighted by atomic mass is 10.1. The van der Waals surface area contributed by atoms with E-state index in [0.29, 0.717) is 11.7 Å². The van der Waals surface area contributed by atoms with Crippen molar-refractivity contribution in [3.05, 3.63) is 51.7 Å². The van der Waals surface area contributed by atoms with Crippen LogP contribution in [0.15, 0.2) is 35.7 Å². The first-order valence-corrected chi connectivity index (χ1v) is 10.2. The molecule has 0 aliphatic carbocycles. The summed E-state index contributed by atoms with van der Waals surface area (Å²) >= 11 is 3.80. The Labute approximate surface area is 152 Å². The van der Waals surface area contributed by atoms with E-state index in [2.05, 4.69) is 23.6 Å². The molecular formula is C19H23NO2S2. The van der Waals surface area contributed by atoms with Crippen molar-refractivity contribution in [2.24, 2.45) is 0 Å². The number of rotatable bonds is 4. The van der Waals surface area contributed by atoms with Gasteiger partial charge in [0, 0.05) is 29.0 Å². The van der Waals surface area contributed by atoms with Gasteiger partial charge in [0.15, 0.2) is 0 Å². The van der Waals surface area contributed by atoms with Crippen molar-refractivity contribution in [1.82, 2.24) is 4.90 Å². The number of amides is 1. The summed E-state index contributed by atoms with van der Waals surface area (Å²) < 4.78 is 5.29. The summed E-state index contributed by atoms with van der Waals surface area (Å²) in [4.78, 5) is 16.1. The van der Waals surface area contributed by atoms with Gasteiger partial charge in [-0.1, -0.05) is 18.2 Å². The van der Waals surface area contributed by atoms with Crippen LogP contribution in [0.1, 0.15) is 27.7 Å². The van der Waals surface area contributed by atoms with Crippen LogP contribution in [0.5, 0.6) is 5.75 Å². The van der Waals surface area contributed by atoms with Crippen molar-refractivity contribution in [3.63, 3.8) is 0 Å². The Morgan fingerprint density at radius 2 is 2.21 bits per heavy atom. The lowest BCUT2D eigenvalue weighted by Crippen LogP contribution is -2.34. The number of hydrogen-bond acceptors (Lipinski definition) is 4. The molecule has 1 aromatic carbocycles. The Hall–Kier alpha value is -1.46. The van der Waals surface area contributed by atoms with E-state index in [1.807, 2.05) is 47.1 Å². The van der Waals surface area contributed by atoms with E-state index in [1.165, 1.54) is 4.88 Å². The third-order valence-corrected chi connectivity index (χ3v) is 6.81. The minimum Gasteiger partial charge on any atom is -0.496 e. The van der Waals surface area contributed by atoms with Gasteiger partial charge in [-0.15, -0.1) is 11.3 Å². The zero-order valence-electron chi connectivity index (χ0n) is 14.2. The van der Waals surface area contributed by atoms with E-state index in [0.717, 1.165) is 42.1 Å². The summed E-state index contributed by atoms with van der Waals surface area (Å²) in [6, 6.07) is 10.3. The van der Waals surface area contributed by atoms with Gasteiger partial charge in [-0.05, 0) is 42.0 Å². The van der Waals surface area contributed by atoms with Gasteiger partial charge >= 0.3 is 0 Å². The van der Waals surface area contributed by atoms with Gasteiger partial charge in [0.05, 0.1) is 13.5 Å². The minimum atomic E-state index is 0.229. The first-order chi connectivity index (χ1) is 11.7. The van der Waals surface area contributed by atoms with Crippen molar-refractivity contribution in [3.8, 4) is 5.75 Å². The zero-order valence-corrected chi connectivity index (χ0v) is 15.8. The van der Waals surface area contributed by atoms with Crippen molar-refractivity contribution in [1.29, 1.82) is 0 Å². The summed E-state index contributed by atoms with van der Waals surface area (Å²) in [5, 5.41) is 2.67. The molecule has 1 unspecified atom stereocenters. The van der Waals surface area contributed by atoms with E-state index in [-0.39, 0.29) is 5.91 Å². The number of methoxy groups -OCH3 is 1. The largest absolute Gasteiger partial charge is 0.496 e. The molecule has 1 aliphatic rings. The molecule has 2 aromatic rings. The van der Waals surface area contributed by atoms with Crippen molar-refractivity contribution in [2.45, 2.75) is 25.0 Å². The monoisotopic (exact) mass is 361 g/mol.